The van der Waals surface area contributed by atoms with E-state index in [0.29, 0.717) is 23.4 Å². The largest absolute Gasteiger partial charge is 0.416 e. The van der Waals surface area contributed by atoms with Crippen LogP contribution in [0.2, 0.25) is 0 Å². The van der Waals surface area contributed by atoms with E-state index in [1.54, 1.807) is 31.2 Å². The number of sulfone groups is 1. The van der Waals surface area contributed by atoms with Gasteiger partial charge in [-0.15, -0.1) is 0 Å². The maximum absolute atomic E-state index is 13.2. The first-order valence-corrected chi connectivity index (χ1v) is 11.5. The second kappa shape index (κ2) is 7.86. The summed E-state index contributed by atoms with van der Waals surface area (Å²) >= 11 is 0. The molecule has 0 radical (unpaired) electrons. The molecule has 13 heteroatoms. The van der Waals surface area contributed by atoms with Crippen LogP contribution in [0.25, 0.3) is 5.69 Å². The Balaban J connectivity index is 1.82. The zero-order valence-electron chi connectivity index (χ0n) is 17.3. The zero-order valence-corrected chi connectivity index (χ0v) is 18.1. The Kier molecular flexibility index (Phi) is 5.50. The summed E-state index contributed by atoms with van der Waals surface area (Å²) in [7, 11) is -3.57. The highest BCUT2D eigenvalue weighted by Crippen LogP contribution is 2.37. The standard InChI is InChI=1S/C21H15F6N3O3S/c1-11-4-2-3-5-17(11)30-18(15-9-34(32,33)10-16(15)29-30)28-19(31)12-6-13(20(22,23)24)8-14(7-12)21(25,26)27/h2-8H,9-10H2,1H3,(H,28,31). The normalized spacial score (nSPS) is 15.3. The van der Waals surface area contributed by atoms with Crippen LogP contribution in [0, 0.1) is 6.92 Å². The van der Waals surface area contributed by atoms with Gasteiger partial charge in [-0.05, 0) is 36.8 Å². The lowest BCUT2D eigenvalue weighted by atomic mass is 10.0. The highest BCUT2D eigenvalue weighted by atomic mass is 32.2. The molecular formula is C21H15F6N3O3S. The van der Waals surface area contributed by atoms with Crippen LogP contribution in [0.15, 0.2) is 42.5 Å². The van der Waals surface area contributed by atoms with Crippen molar-refractivity contribution in [1.29, 1.82) is 0 Å². The lowest BCUT2D eigenvalue weighted by Crippen LogP contribution is -2.19. The zero-order chi connectivity index (χ0) is 25.1. The van der Waals surface area contributed by atoms with Gasteiger partial charge < -0.3 is 5.32 Å². The Hall–Kier alpha value is -3.35. The van der Waals surface area contributed by atoms with Crippen LogP contribution in [0.1, 0.15) is 38.3 Å². The number of hydrogen-bond donors (Lipinski definition) is 1. The number of halogens is 6. The molecule has 2 aromatic carbocycles. The van der Waals surface area contributed by atoms with Crippen LogP contribution in [-0.2, 0) is 33.7 Å². The van der Waals surface area contributed by atoms with Crippen LogP contribution >= 0.6 is 0 Å². The van der Waals surface area contributed by atoms with Crippen LogP contribution in [0.3, 0.4) is 0 Å². The molecular weight excluding hydrogens is 488 g/mol. The fraction of sp³-hybridized carbons (Fsp3) is 0.238. The van der Waals surface area contributed by atoms with Crippen LogP contribution < -0.4 is 5.32 Å². The summed E-state index contributed by atoms with van der Waals surface area (Å²) in [6, 6.07) is 7.23. The number of nitrogens with one attached hydrogen (secondary N) is 1. The molecule has 0 atom stereocenters. The molecule has 0 fully saturated rings. The molecule has 6 nitrogen and oxygen atoms in total. The molecule has 180 valence electrons. The van der Waals surface area contributed by atoms with Crippen molar-refractivity contribution < 1.29 is 39.6 Å². The predicted octanol–water partition coefficient (Wildman–Crippen LogP) is 4.90. The van der Waals surface area contributed by atoms with Gasteiger partial charge in [-0.1, -0.05) is 18.2 Å². The number of aryl methyl sites for hydroxylation is 1. The molecule has 3 aromatic rings. The highest BCUT2D eigenvalue weighted by Gasteiger charge is 2.38. The number of amides is 1. The van der Waals surface area contributed by atoms with Crippen molar-refractivity contribution in [2.75, 3.05) is 5.32 Å². The van der Waals surface area contributed by atoms with Crippen molar-refractivity contribution in [3.8, 4) is 5.69 Å². The van der Waals surface area contributed by atoms with Crippen molar-refractivity contribution in [2.45, 2.75) is 30.8 Å². The molecule has 1 amide bonds. The summed E-state index contributed by atoms with van der Waals surface area (Å²) in [6.07, 6.45) is -10.3. The van der Waals surface area contributed by atoms with Gasteiger partial charge in [0.1, 0.15) is 5.82 Å². The van der Waals surface area contributed by atoms with Gasteiger partial charge in [0.15, 0.2) is 9.84 Å². The van der Waals surface area contributed by atoms with Gasteiger partial charge in [-0.2, -0.15) is 31.4 Å². The van der Waals surface area contributed by atoms with E-state index in [0.717, 1.165) is 0 Å². The van der Waals surface area contributed by atoms with E-state index in [9.17, 15) is 39.6 Å². The minimum atomic E-state index is -5.13. The van der Waals surface area contributed by atoms with Crippen LogP contribution in [-0.4, -0.2) is 24.1 Å². The molecule has 4 rings (SSSR count). The quantitative estimate of drug-likeness (QED) is 0.516. The predicted molar refractivity (Wildman–Crippen MR) is 109 cm³/mol. The number of para-hydroxylation sites is 1. The van der Waals surface area contributed by atoms with E-state index in [4.69, 9.17) is 0 Å². The first-order chi connectivity index (χ1) is 15.7. The van der Waals surface area contributed by atoms with Crippen molar-refractivity contribution in [2.24, 2.45) is 0 Å². The topological polar surface area (TPSA) is 81.1 Å². The van der Waals surface area contributed by atoms with Gasteiger partial charge in [0.25, 0.3) is 5.91 Å². The molecule has 0 aliphatic carbocycles. The molecule has 0 spiro atoms. The Labute approximate surface area is 189 Å². The molecule has 1 N–H and O–H groups in total. The molecule has 0 bridgehead atoms. The van der Waals surface area contributed by atoms with Crippen molar-refractivity contribution in [3.05, 3.63) is 76.0 Å². The lowest BCUT2D eigenvalue weighted by Gasteiger charge is -2.16. The number of nitrogens with zero attached hydrogens (tertiary/aromatic N) is 2. The number of benzene rings is 2. The monoisotopic (exact) mass is 503 g/mol. The number of alkyl halides is 6. The second-order valence-corrected chi connectivity index (χ2v) is 9.82. The summed E-state index contributed by atoms with van der Waals surface area (Å²) < 4.78 is 105. The molecule has 2 heterocycles. The third-order valence-corrected chi connectivity index (χ3v) is 6.65. The van der Waals surface area contributed by atoms with Crippen molar-refractivity contribution in [3.63, 3.8) is 0 Å². The molecule has 0 saturated heterocycles. The molecule has 1 aliphatic rings. The third kappa shape index (κ3) is 4.52. The SMILES string of the molecule is Cc1ccccc1-n1nc2c(c1NC(=O)c1cc(C(F)(F)F)cc(C(F)(F)F)c1)CS(=O)(=O)C2. The third-order valence-electron chi connectivity index (χ3n) is 5.21. The number of anilines is 1. The number of aromatic nitrogens is 2. The number of carbonyl (C=O) groups excluding carboxylic acids is 1. The molecule has 0 unspecified atom stereocenters. The minimum Gasteiger partial charge on any atom is -0.306 e. The van der Waals surface area contributed by atoms with Crippen LogP contribution in [0.4, 0.5) is 32.2 Å². The molecule has 1 aliphatic heterocycles. The molecule has 1 aromatic heterocycles. The summed E-state index contributed by atoms with van der Waals surface area (Å²) in [6.45, 7) is 1.72. The van der Waals surface area contributed by atoms with Gasteiger partial charge in [0.05, 0.1) is 34.0 Å². The Morgan fingerprint density at radius 3 is 2.12 bits per heavy atom. The van der Waals surface area contributed by atoms with Crippen molar-refractivity contribution >= 4 is 21.6 Å². The first-order valence-electron chi connectivity index (χ1n) is 9.64. The average Bonchev–Trinajstić information content (AvgIpc) is 3.19. The van der Waals surface area contributed by atoms with Gasteiger partial charge in [-0.3, -0.25) is 4.79 Å². The van der Waals surface area contributed by atoms with E-state index < -0.39 is 56.3 Å². The first kappa shape index (κ1) is 23.8. The molecule has 0 saturated carbocycles. The molecule has 34 heavy (non-hydrogen) atoms. The summed E-state index contributed by atoms with van der Waals surface area (Å²) in [5.74, 6) is -2.31. The fourth-order valence-corrected chi connectivity index (χ4v) is 5.11. The van der Waals surface area contributed by atoms with E-state index in [1.807, 2.05) is 0 Å². The van der Waals surface area contributed by atoms with Gasteiger partial charge in [0.2, 0.25) is 0 Å². The van der Waals surface area contributed by atoms with E-state index in [-0.39, 0.29) is 23.1 Å². The second-order valence-electron chi connectivity index (χ2n) is 7.75. The Morgan fingerprint density at radius 2 is 1.56 bits per heavy atom. The summed E-state index contributed by atoms with van der Waals surface area (Å²) in [5, 5.41) is 6.53. The van der Waals surface area contributed by atoms with Gasteiger partial charge in [0, 0.05) is 11.1 Å². The Morgan fingerprint density at radius 1 is 0.971 bits per heavy atom. The van der Waals surface area contributed by atoms with Gasteiger partial charge >= 0.3 is 12.4 Å². The highest BCUT2D eigenvalue weighted by molar-refractivity contribution is 7.90. The number of hydrogen-bond acceptors (Lipinski definition) is 4. The summed E-state index contributed by atoms with van der Waals surface area (Å²) in [4.78, 5) is 12.9. The maximum Gasteiger partial charge on any atom is 0.416 e. The van der Waals surface area contributed by atoms with E-state index in [1.165, 1.54) is 4.68 Å². The maximum atomic E-state index is 13.2. The minimum absolute atomic E-state index is 0.0847. The summed E-state index contributed by atoms with van der Waals surface area (Å²) in [5.41, 5.74) is -2.79. The lowest BCUT2D eigenvalue weighted by molar-refractivity contribution is -0.143. The average molecular weight is 503 g/mol. The number of fused-ring (bicyclic) bond motifs is 1. The fourth-order valence-electron chi connectivity index (χ4n) is 3.61. The van der Waals surface area contributed by atoms with E-state index >= 15 is 0 Å². The number of carbonyl (C=O) groups is 1. The number of rotatable bonds is 3. The van der Waals surface area contributed by atoms with Gasteiger partial charge in [-0.25, -0.2) is 13.1 Å². The smallest absolute Gasteiger partial charge is 0.306 e. The van der Waals surface area contributed by atoms with E-state index in [2.05, 4.69) is 10.4 Å². The van der Waals surface area contributed by atoms with Crippen molar-refractivity contribution in [1.82, 2.24) is 9.78 Å². The van der Waals surface area contributed by atoms with Crippen LogP contribution in [0.5, 0.6) is 0 Å². The Bertz CT molecular complexity index is 1380.